The van der Waals surface area contributed by atoms with Gasteiger partial charge in [0, 0.05) is 11.6 Å². The average Bonchev–Trinajstić information content (AvgIpc) is 2.24. The maximum absolute atomic E-state index is 6.05. The van der Waals surface area contributed by atoms with Gasteiger partial charge < -0.3 is 9.47 Å². The van der Waals surface area contributed by atoms with Crippen molar-refractivity contribution in [3.63, 3.8) is 0 Å². The number of fused-ring (bicyclic) bond motifs is 1. The van der Waals surface area contributed by atoms with Gasteiger partial charge in [-0.1, -0.05) is 20.8 Å². The van der Waals surface area contributed by atoms with E-state index in [4.69, 9.17) is 9.47 Å². The smallest absolute Gasteiger partial charge is 0.137 e. The van der Waals surface area contributed by atoms with Crippen LogP contribution in [0.1, 0.15) is 54.4 Å². The fourth-order valence-electron chi connectivity index (χ4n) is 3.38. The molecule has 3 unspecified atom stereocenters. The topological polar surface area (TPSA) is 21.7 Å². The van der Waals surface area contributed by atoms with Crippen molar-refractivity contribution >= 4 is 0 Å². The molecule has 2 heterocycles. The first-order valence-corrected chi connectivity index (χ1v) is 7.23. The van der Waals surface area contributed by atoms with Crippen LogP contribution in [0.4, 0.5) is 0 Å². The van der Waals surface area contributed by atoms with Crippen molar-refractivity contribution in [3.05, 3.63) is 0 Å². The molecule has 0 amide bonds. The lowest BCUT2D eigenvalue weighted by Crippen LogP contribution is -2.66. The molecule has 0 aromatic carbocycles. The van der Waals surface area contributed by atoms with Gasteiger partial charge in [0.05, 0.1) is 19.3 Å². The van der Waals surface area contributed by atoms with E-state index in [1.165, 1.54) is 6.42 Å². The molecule has 0 N–H and O–H groups in total. The molecule has 0 saturated carbocycles. The minimum absolute atomic E-state index is 0.113. The van der Waals surface area contributed by atoms with Crippen molar-refractivity contribution in [2.75, 3.05) is 13.2 Å². The van der Waals surface area contributed by atoms with E-state index in [1.54, 1.807) is 0 Å². The third kappa shape index (κ3) is 2.73. The van der Waals surface area contributed by atoms with Crippen molar-refractivity contribution < 1.29 is 9.47 Å². The number of likely N-dealkylation sites (tertiary alicyclic amines) is 1. The summed E-state index contributed by atoms with van der Waals surface area (Å²) in [6, 6.07) is 0.556. The van der Waals surface area contributed by atoms with Crippen LogP contribution < -0.4 is 0 Å². The molecule has 0 aromatic heterocycles. The lowest BCUT2D eigenvalue weighted by atomic mass is 9.77. The summed E-state index contributed by atoms with van der Waals surface area (Å²) in [6.45, 7) is 15.3. The van der Waals surface area contributed by atoms with Gasteiger partial charge in [-0.05, 0) is 39.0 Å². The number of hydrogen-bond donors (Lipinski definition) is 0. The summed E-state index contributed by atoms with van der Waals surface area (Å²) in [7, 11) is 0. The van der Waals surface area contributed by atoms with Gasteiger partial charge in [-0.3, -0.25) is 4.90 Å². The Balaban J connectivity index is 2.28. The highest BCUT2D eigenvalue weighted by molar-refractivity contribution is 4.98. The summed E-state index contributed by atoms with van der Waals surface area (Å²) in [5.74, 6) is 0. The fraction of sp³-hybridized carbons (Fsp3) is 1.00. The SMILES string of the molecule is CC(C)(C)C1CCC2OCCOC2N1C(C)(C)C. The molecule has 0 bridgehead atoms. The van der Waals surface area contributed by atoms with Gasteiger partial charge in [-0.25, -0.2) is 0 Å². The van der Waals surface area contributed by atoms with Gasteiger partial charge in [-0.2, -0.15) is 0 Å². The van der Waals surface area contributed by atoms with Gasteiger partial charge in [0.2, 0.25) is 0 Å². The van der Waals surface area contributed by atoms with E-state index < -0.39 is 0 Å². The monoisotopic (exact) mass is 255 g/mol. The Hall–Kier alpha value is -0.120. The number of nitrogens with zero attached hydrogens (tertiary/aromatic N) is 1. The second-order valence-electron chi connectivity index (χ2n) is 7.71. The minimum Gasteiger partial charge on any atom is -0.372 e. The molecule has 0 spiro atoms. The van der Waals surface area contributed by atoms with E-state index in [9.17, 15) is 0 Å². The molecular formula is C15H29NO2. The van der Waals surface area contributed by atoms with Crippen LogP contribution in [0.15, 0.2) is 0 Å². The maximum atomic E-state index is 6.05. The van der Waals surface area contributed by atoms with E-state index in [0.717, 1.165) is 19.6 Å². The Morgan fingerprint density at radius 2 is 1.50 bits per heavy atom. The van der Waals surface area contributed by atoms with Crippen LogP contribution in [0, 0.1) is 5.41 Å². The molecule has 3 heteroatoms. The third-order valence-electron chi connectivity index (χ3n) is 4.13. The molecule has 0 aliphatic carbocycles. The van der Waals surface area contributed by atoms with Crippen LogP contribution in [0.3, 0.4) is 0 Å². The van der Waals surface area contributed by atoms with E-state index in [1.807, 2.05) is 0 Å². The van der Waals surface area contributed by atoms with E-state index in [-0.39, 0.29) is 23.3 Å². The molecule has 2 saturated heterocycles. The van der Waals surface area contributed by atoms with Crippen LogP contribution in [0.5, 0.6) is 0 Å². The van der Waals surface area contributed by atoms with Crippen LogP contribution >= 0.6 is 0 Å². The Labute approximate surface area is 112 Å². The fourth-order valence-corrected chi connectivity index (χ4v) is 3.38. The molecule has 106 valence electrons. The van der Waals surface area contributed by atoms with Crippen molar-refractivity contribution in [1.29, 1.82) is 0 Å². The Morgan fingerprint density at radius 3 is 2.06 bits per heavy atom. The highest BCUT2D eigenvalue weighted by Crippen LogP contribution is 2.41. The number of piperidine rings is 1. The Morgan fingerprint density at radius 1 is 0.889 bits per heavy atom. The first kappa shape index (κ1) is 14.3. The molecule has 0 radical (unpaired) electrons. The zero-order chi connectivity index (χ0) is 13.6. The standard InChI is InChI=1S/C15H29NO2/c1-14(2,3)12-8-7-11-13(18-10-9-17-11)16(12)15(4,5)6/h11-13H,7-10H2,1-6H3. The molecule has 0 aromatic rings. The molecular weight excluding hydrogens is 226 g/mol. The van der Waals surface area contributed by atoms with Crippen LogP contribution in [-0.4, -0.2) is 42.0 Å². The molecule has 2 fully saturated rings. The average molecular weight is 255 g/mol. The van der Waals surface area contributed by atoms with E-state index >= 15 is 0 Å². The summed E-state index contributed by atoms with van der Waals surface area (Å²) in [5.41, 5.74) is 0.390. The first-order valence-electron chi connectivity index (χ1n) is 7.23. The van der Waals surface area contributed by atoms with E-state index in [0.29, 0.717) is 6.04 Å². The van der Waals surface area contributed by atoms with Crippen LogP contribution in [0.25, 0.3) is 0 Å². The zero-order valence-electron chi connectivity index (χ0n) is 12.8. The van der Waals surface area contributed by atoms with Crippen molar-refractivity contribution in [2.24, 2.45) is 5.41 Å². The van der Waals surface area contributed by atoms with Gasteiger partial charge >= 0.3 is 0 Å². The number of hydrogen-bond acceptors (Lipinski definition) is 3. The number of ether oxygens (including phenoxy) is 2. The normalized spacial score (nSPS) is 35.3. The summed E-state index contributed by atoms with van der Waals surface area (Å²) in [4.78, 5) is 2.56. The Kier molecular flexibility index (Phi) is 3.79. The summed E-state index contributed by atoms with van der Waals surface area (Å²) in [6.07, 6.45) is 2.72. The quantitative estimate of drug-likeness (QED) is 0.664. The van der Waals surface area contributed by atoms with Crippen molar-refractivity contribution in [3.8, 4) is 0 Å². The lowest BCUT2D eigenvalue weighted by Gasteiger charge is -2.56. The van der Waals surface area contributed by atoms with Gasteiger partial charge in [0.15, 0.2) is 0 Å². The number of rotatable bonds is 0. The van der Waals surface area contributed by atoms with Crippen LogP contribution in [-0.2, 0) is 9.47 Å². The largest absolute Gasteiger partial charge is 0.372 e. The van der Waals surface area contributed by atoms with Crippen molar-refractivity contribution in [1.82, 2.24) is 4.90 Å². The predicted octanol–water partition coefficient (Wildman–Crippen LogP) is 3.04. The highest BCUT2D eigenvalue weighted by Gasteiger charge is 2.48. The Bertz CT molecular complexity index is 290. The molecule has 2 aliphatic heterocycles. The second kappa shape index (κ2) is 4.77. The summed E-state index contributed by atoms with van der Waals surface area (Å²) in [5, 5.41) is 0. The molecule has 2 aliphatic rings. The minimum atomic E-state index is 0.113. The lowest BCUT2D eigenvalue weighted by molar-refractivity contribution is -0.253. The summed E-state index contributed by atoms with van der Waals surface area (Å²) >= 11 is 0. The molecule has 3 atom stereocenters. The molecule has 18 heavy (non-hydrogen) atoms. The molecule has 2 rings (SSSR count). The molecule has 3 nitrogen and oxygen atoms in total. The van der Waals surface area contributed by atoms with Gasteiger partial charge in [0.1, 0.15) is 6.23 Å². The predicted molar refractivity (Wildman–Crippen MR) is 73.5 cm³/mol. The summed E-state index contributed by atoms with van der Waals surface area (Å²) < 4.78 is 11.9. The highest BCUT2D eigenvalue weighted by atomic mass is 16.6. The van der Waals surface area contributed by atoms with Crippen molar-refractivity contribution in [2.45, 2.75) is 78.3 Å². The van der Waals surface area contributed by atoms with Gasteiger partial charge in [-0.15, -0.1) is 0 Å². The zero-order valence-corrected chi connectivity index (χ0v) is 12.8. The third-order valence-corrected chi connectivity index (χ3v) is 4.13. The first-order chi connectivity index (χ1) is 8.21. The maximum Gasteiger partial charge on any atom is 0.137 e. The van der Waals surface area contributed by atoms with Crippen LogP contribution in [0.2, 0.25) is 0 Å². The van der Waals surface area contributed by atoms with E-state index in [2.05, 4.69) is 46.4 Å². The van der Waals surface area contributed by atoms with Gasteiger partial charge in [0.25, 0.3) is 0 Å². The second-order valence-corrected chi connectivity index (χ2v) is 7.71.